The van der Waals surface area contributed by atoms with Crippen LogP contribution in [-0.2, 0) is 4.79 Å². The maximum absolute atomic E-state index is 11.9. The highest BCUT2D eigenvalue weighted by Crippen LogP contribution is 2.27. The van der Waals surface area contributed by atoms with Gasteiger partial charge in [0.15, 0.2) is 0 Å². The Morgan fingerprint density at radius 2 is 2.06 bits per heavy atom. The van der Waals surface area contributed by atoms with Gasteiger partial charge in [-0.1, -0.05) is 0 Å². The molecule has 0 aromatic rings. The van der Waals surface area contributed by atoms with E-state index in [0.717, 1.165) is 32.0 Å². The van der Waals surface area contributed by atoms with Gasteiger partial charge in [0.05, 0.1) is 6.54 Å². The van der Waals surface area contributed by atoms with Crippen molar-refractivity contribution in [1.82, 2.24) is 15.1 Å². The summed E-state index contributed by atoms with van der Waals surface area (Å²) in [6.07, 6.45) is 3.79. The summed E-state index contributed by atoms with van der Waals surface area (Å²) < 4.78 is 0. The zero-order valence-electron chi connectivity index (χ0n) is 10.8. The number of hydrogen-bond donors (Lipinski definition) is 1. The van der Waals surface area contributed by atoms with E-state index in [-0.39, 0.29) is 18.3 Å². The Morgan fingerprint density at radius 1 is 1.35 bits per heavy atom. The summed E-state index contributed by atoms with van der Waals surface area (Å²) >= 11 is 0. The number of nitrogens with zero attached hydrogens (tertiary/aromatic N) is 2. The van der Waals surface area contributed by atoms with Gasteiger partial charge in [-0.3, -0.25) is 4.79 Å². The Hall–Kier alpha value is -0.320. The largest absolute Gasteiger partial charge is 0.340 e. The molecule has 0 spiro atoms. The molecule has 1 amide bonds. The van der Waals surface area contributed by atoms with Crippen LogP contribution in [0.1, 0.15) is 19.3 Å². The Kier molecular flexibility index (Phi) is 5.70. The van der Waals surface area contributed by atoms with Gasteiger partial charge in [-0.15, -0.1) is 12.4 Å². The first-order chi connectivity index (χ1) is 7.66. The van der Waals surface area contributed by atoms with E-state index in [1.807, 2.05) is 4.90 Å². The van der Waals surface area contributed by atoms with Crippen molar-refractivity contribution in [2.45, 2.75) is 25.3 Å². The number of halogens is 1. The molecule has 0 aromatic heterocycles. The van der Waals surface area contributed by atoms with E-state index in [0.29, 0.717) is 12.6 Å². The molecule has 1 saturated carbocycles. The summed E-state index contributed by atoms with van der Waals surface area (Å²) in [5, 5.41) is 3.26. The molecule has 4 nitrogen and oxygen atoms in total. The first-order valence-corrected chi connectivity index (χ1v) is 6.31. The molecule has 1 heterocycles. The molecule has 1 aliphatic carbocycles. The Labute approximate surface area is 110 Å². The van der Waals surface area contributed by atoms with Crippen molar-refractivity contribution in [2.75, 3.05) is 40.3 Å². The van der Waals surface area contributed by atoms with E-state index < -0.39 is 0 Å². The standard InChI is InChI=1S/C12H23N3O.ClH/c1-14(2)11-5-6-15(9-11)12(16)8-13-7-10-3-4-10;/h10-11,13H,3-9H2,1-2H3;1H. The third-order valence-corrected chi connectivity index (χ3v) is 3.65. The lowest BCUT2D eigenvalue weighted by Gasteiger charge is -2.20. The molecule has 1 N–H and O–H groups in total. The smallest absolute Gasteiger partial charge is 0.236 e. The fraction of sp³-hybridized carbons (Fsp3) is 0.917. The topological polar surface area (TPSA) is 35.6 Å². The number of carbonyl (C=O) groups is 1. The predicted molar refractivity (Wildman–Crippen MR) is 71.5 cm³/mol. The second-order valence-corrected chi connectivity index (χ2v) is 5.32. The Balaban J connectivity index is 0.00000144. The quantitative estimate of drug-likeness (QED) is 0.786. The summed E-state index contributed by atoms with van der Waals surface area (Å²) in [6.45, 7) is 3.37. The van der Waals surface area contributed by atoms with E-state index >= 15 is 0 Å². The van der Waals surface area contributed by atoms with Crippen LogP contribution in [0.25, 0.3) is 0 Å². The van der Waals surface area contributed by atoms with Gasteiger partial charge in [0.25, 0.3) is 0 Å². The molecule has 100 valence electrons. The van der Waals surface area contributed by atoms with Crippen molar-refractivity contribution in [1.29, 1.82) is 0 Å². The molecule has 1 saturated heterocycles. The second-order valence-electron chi connectivity index (χ2n) is 5.32. The zero-order chi connectivity index (χ0) is 11.5. The van der Waals surface area contributed by atoms with Crippen LogP contribution in [0.5, 0.6) is 0 Å². The minimum absolute atomic E-state index is 0. The SMILES string of the molecule is CN(C)C1CCN(C(=O)CNCC2CC2)C1.Cl. The maximum Gasteiger partial charge on any atom is 0.236 e. The van der Waals surface area contributed by atoms with Crippen molar-refractivity contribution >= 4 is 18.3 Å². The molecule has 1 unspecified atom stereocenters. The molecule has 1 atom stereocenters. The summed E-state index contributed by atoms with van der Waals surface area (Å²) in [7, 11) is 4.17. The van der Waals surface area contributed by atoms with Crippen LogP contribution < -0.4 is 5.32 Å². The zero-order valence-corrected chi connectivity index (χ0v) is 11.6. The fourth-order valence-corrected chi connectivity index (χ4v) is 2.21. The second kappa shape index (κ2) is 6.57. The van der Waals surface area contributed by atoms with Crippen LogP contribution >= 0.6 is 12.4 Å². The third kappa shape index (κ3) is 4.45. The number of likely N-dealkylation sites (tertiary alicyclic amines) is 1. The molecule has 2 fully saturated rings. The van der Waals surface area contributed by atoms with Crippen LogP contribution in [-0.4, -0.2) is 62.0 Å². The molecule has 0 radical (unpaired) electrons. The number of amides is 1. The van der Waals surface area contributed by atoms with Crippen molar-refractivity contribution < 1.29 is 4.79 Å². The van der Waals surface area contributed by atoms with E-state index in [1.54, 1.807) is 0 Å². The van der Waals surface area contributed by atoms with E-state index in [1.165, 1.54) is 12.8 Å². The molecular weight excluding hydrogens is 238 g/mol. The van der Waals surface area contributed by atoms with Gasteiger partial charge in [-0.25, -0.2) is 0 Å². The summed E-state index contributed by atoms with van der Waals surface area (Å²) in [5.41, 5.74) is 0. The molecule has 0 bridgehead atoms. The lowest BCUT2D eigenvalue weighted by Crippen LogP contribution is -2.39. The van der Waals surface area contributed by atoms with Crippen LogP contribution in [0, 0.1) is 5.92 Å². The highest BCUT2D eigenvalue weighted by molar-refractivity contribution is 5.85. The van der Waals surface area contributed by atoms with Crippen LogP contribution in [0.3, 0.4) is 0 Å². The molecule has 0 aromatic carbocycles. The molecule has 5 heteroatoms. The van der Waals surface area contributed by atoms with Gasteiger partial charge >= 0.3 is 0 Å². The normalized spacial score (nSPS) is 23.9. The molecule has 1 aliphatic heterocycles. The lowest BCUT2D eigenvalue weighted by atomic mass is 10.2. The average molecular weight is 262 g/mol. The van der Waals surface area contributed by atoms with Crippen molar-refractivity contribution in [3.05, 3.63) is 0 Å². The maximum atomic E-state index is 11.9. The number of nitrogens with one attached hydrogen (secondary N) is 1. The highest BCUT2D eigenvalue weighted by atomic mass is 35.5. The van der Waals surface area contributed by atoms with Gasteiger partial charge in [0, 0.05) is 19.1 Å². The Bertz CT molecular complexity index is 256. The number of hydrogen-bond acceptors (Lipinski definition) is 3. The number of rotatable bonds is 5. The molecule has 17 heavy (non-hydrogen) atoms. The van der Waals surface area contributed by atoms with Gasteiger partial charge in [-0.2, -0.15) is 0 Å². The van der Waals surface area contributed by atoms with Crippen molar-refractivity contribution in [3.8, 4) is 0 Å². The van der Waals surface area contributed by atoms with Crippen molar-refractivity contribution in [2.24, 2.45) is 5.92 Å². The van der Waals surface area contributed by atoms with Gasteiger partial charge in [0.2, 0.25) is 5.91 Å². The van der Waals surface area contributed by atoms with Gasteiger partial charge in [-0.05, 0) is 45.8 Å². The fourth-order valence-electron chi connectivity index (χ4n) is 2.21. The monoisotopic (exact) mass is 261 g/mol. The van der Waals surface area contributed by atoms with Gasteiger partial charge in [0.1, 0.15) is 0 Å². The summed E-state index contributed by atoms with van der Waals surface area (Å²) in [6, 6.07) is 0.549. The van der Waals surface area contributed by atoms with E-state index in [9.17, 15) is 4.79 Å². The van der Waals surface area contributed by atoms with Gasteiger partial charge < -0.3 is 15.1 Å². The van der Waals surface area contributed by atoms with E-state index in [2.05, 4.69) is 24.3 Å². The van der Waals surface area contributed by atoms with Crippen molar-refractivity contribution in [3.63, 3.8) is 0 Å². The predicted octanol–water partition coefficient (Wildman–Crippen LogP) is 0.570. The first-order valence-electron chi connectivity index (χ1n) is 6.31. The minimum Gasteiger partial charge on any atom is -0.340 e. The van der Waals surface area contributed by atoms with Crippen LogP contribution in [0.15, 0.2) is 0 Å². The lowest BCUT2D eigenvalue weighted by molar-refractivity contribution is -0.129. The third-order valence-electron chi connectivity index (χ3n) is 3.65. The molecular formula is C12H24ClN3O. The molecule has 2 rings (SSSR count). The molecule has 2 aliphatic rings. The Morgan fingerprint density at radius 3 is 2.59 bits per heavy atom. The van der Waals surface area contributed by atoms with E-state index in [4.69, 9.17) is 0 Å². The van der Waals surface area contributed by atoms with Crippen LogP contribution in [0.4, 0.5) is 0 Å². The highest BCUT2D eigenvalue weighted by Gasteiger charge is 2.27. The number of carbonyl (C=O) groups excluding carboxylic acids is 1. The average Bonchev–Trinajstić information content (AvgIpc) is 2.93. The summed E-state index contributed by atoms with van der Waals surface area (Å²) in [4.78, 5) is 16.1. The first kappa shape index (κ1) is 14.7. The minimum atomic E-state index is 0. The number of likely N-dealkylation sites (N-methyl/N-ethyl adjacent to an activating group) is 1. The summed E-state index contributed by atoms with van der Waals surface area (Å²) in [5.74, 6) is 1.12. The van der Waals surface area contributed by atoms with Crippen LogP contribution in [0.2, 0.25) is 0 Å².